The number of carbonyl (C=O) groups excluding carboxylic acids is 1. The second-order valence-corrected chi connectivity index (χ2v) is 13.0. The van der Waals surface area contributed by atoms with Crippen LogP contribution in [0.25, 0.3) is 11.2 Å². The number of carbonyl (C=O) groups is 1. The maximum Gasteiger partial charge on any atom is 0.332 e. The van der Waals surface area contributed by atoms with Gasteiger partial charge in [0.25, 0.3) is 11.5 Å². The molecule has 0 spiro atoms. The molecule has 1 aliphatic heterocycles. The molecule has 14 heteroatoms. The molecule has 0 atom stereocenters. The predicted octanol–water partition coefficient (Wildman–Crippen LogP) is 2.02. The van der Waals surface area contributed by atoms with E-state index in [0.717, 1.165) is 42.9 Å². The first-order chi connectivity index (χ1) is 22.1. The van der Waals surface area contributed by atoms with Gasteiger partial charge in [-0.15, -0.1) is 0 Å². The lowest BCUT2D eigenvalue weighted by Gasteiger charge is -2.29. The second kappa shape index (κ2) is 14.3. The third-order valence-corrected chi connectivity index (χ3v) is 8.96. The van der Waals surface area contributed by atoms with E-state index >= 15 is 0 Å². The van der Waals surface area contributed by atoms with Crippen LogP contribution in [0, 0.1) is 0 Å². The molecule has 0 saturated heterocycles. The van der Waals surface area contributed by atoms with Crippen LogP contribution in [0.15, 0.2) is 63.0 Å². The van der Waals surface area contributed by atoms with E-state index in [2.05, 4.69) is 10.2 Å². The quantitative estimate of drug-likeness (QED) is 0.209. The van der Waals surface area contributed by atoms with Gasteiger partial charge in [0.2, 0.25) is 16.0 Å². The summed E-state index contributed by atoms with van der Waals surface area (Å²) < 4.78 is 33.4. The average Bonchev–Trinajstić information content (AvgIpc) is 3.44. The fourth-order valence-corrected chi connectivity index (χ4v) is 6.23. The lowest BCUT2D eigenvalue weighted by Crippen LogP contribution is -2.41. The number of rotatable bonds is 14. The fraction of sp³-hybridized carbons (Fsp3) is 0.438. The number of ether oxygens (including phenoxy) is 1. The number of amides is 1. The van der Waals surface area contributed by atoms with Crippen LogP contribution in [0.3, 0.4) is 0 Å². The van der Waals surface area contributed by atoms with Gasteiger partial charge in [-0.2, -0.15) is 4.98 Å². The summed E-state index contributed by atoms with van der Waals surface area (Å²) in [6.07, 6.45) is 3.61. The zero-order chi connectivity index (χ0) is 32.8. The van der Waals surface area contributed by atoms with Gasteiger partial charge in [0.1, 0.15) is 5.75 Å². The van der Waals surface area contributed by atoms with Crippen molar-refractivity contribution >= 4 is 33.0 Å². The summed E-state index contributed by atoms with van der Waals surface area (Å²) in [7, 11) is -3.73. The molecule has 46 heavy (non-hydrogen) atoms. The molecule has 0 saturated carbocycles. The van der Waals surface area contributed by atoms with E-state index < -0.39 is 10.0 Å². The highest BCUT2D eigenvalue weighted by Gasteiger charge is 2.26. The average molecular weight is 652 g/mol. The Morgan fingerprint density at radius 2 is 1.57 bits per heavy atom. The first-order valence-electron chi connectivity index (χ1n) is 15.7. The minimum absolute atomic E-state index is 0.0472. The number of benzene rings is 2. The van der Waals surface area contributed by atoms with Crippen molar-refractivity contribution in [2.24, 2.45) is 5.14 Å². The van der Waals surface area contributed by atoms with E-state index in [4.69, 9.17) is 14.9 Å². The summed E-state index contributed by atoms with van der Waals surface area (Å²) in [4.78, 5) is 45.9. The van der Waals surface area contributed by atoms with E-state index in [9.17, 15) is 22.8 Å². The lowest BCUT2D eigenvalue weighted by atomic mass is 10.1. The smallest absolute Gasteiger partial charge is 0.332 e. The molecule has 0 fully saturated rings. The number of aryl methyl sites for hydroxylation is 2. The molecular weight excluding hydrogens is 610 g/mol. The molecular formula is C32H41N7O6S. The van der Waals surface area contributed by atoms with Crippen LogP contribution in [0.5, 0.6) is 5.75 Å². The second-order valence-electron chi connectivity index (χ2n) is 11.4. The summed E-state index contributed by atoms with van der Waals surface area (Å²) in [5.41, 5.74) is 2.37. The third-order valence-electron chi connectivity index (χ3n) is 8.03. The molecule has 13 nitrogen and oxygen atoms in total. The van der Waals surface area contributed by atoms with Gasteiger partial charge in [0, 0.05) is 39.3 Å². The molecule has 0 bridgehead atoms. The number of aromatic nitrogens is 4. The molecule has 5 rings (SSSR count). The Kier molecular flexibility index (Phi) is 10.3. The van der Waals surface area contributed by atoms with Crippen LogP contribution in [0.4, 0.5) is 5.95 Å². The molecule has 0 unspecified atom stereocenters. The molecule has 1 amide bonds. The lowest BCUT2D eigenvalue weighted by molar-refractivity contribution is -0.123. The first kappa shape index (κ1) is 32.9. The van der Waals surface area contributed by atoms with Crippen molar-refractivity contribution in [1.29, 1.82) is 0 Å². The SMILES string of the molecule is CCCn1c(=O)c2c(nc3n2CCCN3CCc2ccc(OCC(=O)NCCc3ccc(S(N)(=O)=O)cc3)cc2)n(CCC)c1=O. The van der Waals surface area contributed by atoms with Crippen molar-refractivity contribution in [2.45, 2.75) is 70.5 Å². The Hall–Kier alpha value is -4.43. The van der Waals surface area contributed by atoms with Crippen molar-refractivity contribution in [3.05, 3.63) is 80.5 Å². The van der Waals surface area contributed by atoms with Gasteiger partial charge in [0.15, 0.2) is 17.8 Å². The van der Waals surface area contributed by atoms with Gasteiger partial charge < -0.3 is 19.5 Å². The molecule has 2 aromatic carbocycles. The number of primary sulfonamides is 1. The molecule has 2 aromatic heterocycles. The van der Waals surface area contributed by atoms with Crippen LogP contribution >= 0.6 is 0 Å². The number of hydrogen-bond donors (Lipinski definition) is 2. The Balaban J connectivity index is 1.16. The zero-order valence-corrected chi connectivity index (χ0v) is 27.1. The van der Waals surface area contributed by atoms with Crippen molar-refractivity contribution in [1.82, 2.24) is 24.0 Å². The number of nitrogens with zero attached hydrogens (tertiary/aromatic N) is 5. The van der Waals surface area contributed by atoms with Crippen LogP contribution in [-0.4, -0.2) is 59.3 Å². The van der Waals surface area contributed by atoms with Crippen LogP contribution in [0.2, 0.25) is 0 Å². The monoisotopic (exact) mass is 651 g/mol. The molecule has 1 aliphatic rings. The van der Waals surface area contributed by atoms with E-state index in [0.29, 0.717) is 62.5 Å². The maximum atomic E-state index is 13.4. The number of nitrogens with one attached hydrogen (secondary N) is 1. The highest BCUT2D eigenvalue weighted by molar-refractivity contribution is 7.89. The summed E-state index contributed by atoms with van der Waals surface area (Å²) in [6, 6.07) is 13.8. The van der Waals surface area contributed by atoms with Gasteiger partial charge in [-0.1, -0.05) is 38.1 Å². The molecule has 246 valence electrons. The van der Waals surface area contributed by atoms with Gasteiger partial charge in [-0.25, -0.2) is 18.4 Å². The third kappa shape index (κ3) is 7.34. The number of sulfonamides is 1. The Labute approximate surface area is 267 Å². The maximum absolute atomic E-state index is 13.4. The molecule has 0 radical (unpaired) electrons. The molecule has 3 heterocycles. The summed E-state index contributed by atoms with van der Waals surface area (Å²) in [6.45, 7) is 7.29. The molecule has 4 aromatic rings. The van der Waals surface area contributed by atoms with Crippen molar-refractivity contribution in [3.63, 3.8) is 0 Å². The predicted molar refractivity (Wildman–Crippen MR) is 176 cm³/mol. The number of imidazole rings is 1. The number of nitrogens with two attached hydrogens (primary N) is 1. The van der Waals surface area contributed by atoms with Gasteiger partial charge in [-0.05, 0) is 67.5 Å². The zero-order valence-electron chi connectivity index (χ0n) is 26.3. The highest BCUT2D eigenvalue weighted by atomic mass is 32.2. The largest absolute Gasteiger partial charge is 0.484 e. The van der Waals surface area contributed by atoms with E-state index in [-0.39, 0.29) is 28.7 Å². The highest BCUT2D eigenvalue weighted by Crippen LogP contribution is 2.25. The summed E-state index contributed by atoms with van der Waals surface area (Å²) >= 11 is 0. The normalized spacial score (nSPS) is 13.2. The Bertz CT molecular complexity index is 1910. The minimum Gasteiger partial charge on any atom is -0.484 e. The van der Waals surface area contributed by atoms with E-state index in [1.54, 1.807) is 16.7 Å². The summed E-state index contributed by atoms with van der Waals surface area (Å²) in [5.74, 6) is 1.04. The van der Waals surface area contributed by atoms with Crippen LogP contribution in [0.1, 0.15) is 44.2 Å². The topological polar surface area (TPSA) is 164 Å². The Morgan fingerprint density at radius 1 is 0.913 bits per heavy atom. The fourth-order valence-electron chi connectivity index (χ4n) is 5.72. The van der Waals surface area contributed by atoms with Gasteiger partial charge >= 0.3 is 5.69 Å². The number of hydrogen-bond acceptors (Lipinski definition) is 8. The van der Waals surface area contributed by atoms with Gasteiger partial charge in [-0.3, -0.25) is 18.7 Å². The van der Waals surface area contributed by atoms with Crippen molar-refractivity contribution in [2.75, 3.05) is 31.1 Å². The molecule has 0 aliphatic carbocycles. The van der Waals surface area contributed by atoms with E-state index in [1.807, 2.05) is 42.7 Å². The first-order valence-corrected chi connectivity index (χ1v) is 17.2. The number of fused-ring (bicyclic) bond motifs is 3. The van der Waals surface area contributed by atoms with Crippen molar-refractivity contribution in [3.8, 4) is 5.75 Å². The van der Waals surface area contributed by atoms with E-state index in [1.165, 1.54) is 16.7 Å². The standard InChI is InChI=1S/C32H41N7O6S/c1-3-17-38-29-28(30(41)39(18-4-2)32(38)42)37-20-5-19-36(31(37)35-29)21-15-24-6-10-25(11-7-24)45-22-27(40)34-16-14-23-8-12-26(13-9-23)46(33,43)44/h6-13H,3-5,14-22H2,1-2H3,(H,34,40)(H2,33,43,44). The number of anilines is 1. The molecule has 3 N–H and O–H groups in total. The van der Waals surface area contributed by atoms with Gasteiger partial charge in [0.05, 0.1) is 4.90 Å². The Morgan fingerprint density at radius 3 is 2.24 bits per heavy atom. The minimum atomic E-state index is -3.73. The van der Waals surface area contributed by atoms with Crippen LogP contribution < -0.4 is 31.3 Å². The van der Waals surface area contributed by atoms with Crippen LogP contribution in [-0.2, 0) is 47.3 Å². The van der Waals surface area contributed by atoms with Crippen molar-refractivity contribution < 1.29 is 17.9 Å². The summed E-state index contributed by atoms with van der Waals surface area (Å²) in [5, 5.41) is 7.92.